The predicted molar refractivity (Wildman–Crippen MR) is 82.5 cm³/mol. The van der Waals surface area contributed by atoms with Gasteiger partial charge in [0.25, 0.3) is 0 Å². The van der Waals surface area contributed by atoms with E-state index in [0.29, 0.717) is 24.5 Å². The maximum atomic E-state index is 12.3. The molecule has 1 fully saturated rings. The minimum atomic E-state index is -3.36. The summed E-state index contributed by atoms with van der Waals surface area (Å²) < 4.78 is 24.8. The Morgan fingerprint density at radius 3 is 2.76 bits per heavy atom. The van der Waals surface area contributed by atoms with E-state index < -0.39 is 16.1 Å². The summed E-state index contributed by atoms with van der Waals surface area (Å²) in [4.78, 5) is 12.3. The van der Waals surface area contributed by atoms with Crippen LogP contribution in [0.4, 0.5) is 0 Å². The first-order valence-corrected chi connectivity index (χ1v) is 9.10. The summed E-state index contributed by atoms with van der Waals surface area (Å²) >= 11 is 6.04. The fourth-order valence-electron chi connectivity index (χ4n) is 2.51. The number of amides is 1. The third kappa shape index (κ3) is 4.18. The number of hydrogen-bond acceptors (Lipinski definition) is 3. The van der Waals surface area contributed by atoms with Crippen LogP contribution in [0, 0.1) is 0 Å². The van der Waals surface area contributed by atoms with Crippen LogP contribution < -0.4 is 5.32 Å². The van der Waals surface area contributed by atoms with Crippen LogP contribution in [0.15, 0.2) is 24.3 Å². The maximum Gasteiger partial charge on any atom is 0.238 e. The molecule has 0 radical (unpaired) electrons. The van der Waals surface area contributed by atoms with Crippen molar-refractivity contribution in [1.29, 1.82) is 0 Å². The van der Waals surface area contributed by atoms with Crippen molar-refractivity contribution >= 4 is 27.5 Å². The average Bonchev–Trinajstić information content (AvgIpc) is 2.45. The quantitative estimate of drug-likeness (QED) is 0.915. The van der Waals surface area contributed by atoms with Gasteiger partial charge in [0.05, 0.1) is 6.26 Å². The number of nitrogens with zero attached hydrogens (tertiary/aromatic N) is 1. The molecular weight excluding hydrogens is 312 g/mol. The number of piperidine rings is 1. The van der Waals surface area contributed by atoms with Crippen LogP contribution in [-0.4, -0.2) is 37.5 Å². The van der Waals surface area contributed by atoms with Gasteiger partial charge in [0.1, 0.15) is 6.04 Å². The topological polar surface area (TPSA) is 66.5 Å². The molecular formula is C14H19ClN2O3S. The number of hydrogen-bond donors (Lipinski definition) is 1. The molecule has 1 aliphatic heterocycles. The van der Waals surface area contributed by atoms with E-state index in [1.807, 2.05) is 18.2 Å². The molecule has 1 atom stereocenters. The molecule has 1 aromatic rings. The third-order valence-electron chi connectivity index (χ3n) is 3.59. The number of nitrogens with one attached hydrogen (secondary N) is 1. The van der Waals surface area contributed by atoms with Crippen LogP contribution in [0.5, 0.6) is 0 Å². The predicted octanol–water partition coefficient (Wildman–Crippen LogP) is 1.77. The lowest BCUT2D eigenvalue weighted by Crippen LogP contribution is -2.51. The Morgan fingerprint density at radius 1 is 1.38 bits per heavy atom. The largest absolute Gasteiger partial charge is 0.351 e. The Hall–Kier alpha value is -1.11. The molecule has 1 amide bonds. The van der Waals surface area contributed by atoms with E-state index in [2.05, 4.69) is 5.32 Å². The molecule has 0 aromatic heterocycles. The average molecular weight is 331 g/mol. The Balaban J connectivity index is 2.03. The second kappa shape index (κ2) is 6.77. The lowest BCUT2D eigenvalue weighted by atomic mass is 10.0. The van der Waals surface area contributed by atoms with Gasteiger partial charge in [-0.05, 0) is 24.5 Å². The second-order valence-electron chi connectivity index (χ2n) is 5.19. The van der Waals surface area contributed by atoms with Gasteiger partial charge in [0, 0.05) is 18.1 Å². The van der Waals surface area contributed by atoms with E-state index in [1.165, 1.54) is 4.31 Å². The standard InChI is InChI=1S/C14H19ClN2O3S/c1-21(19,20)17-9-5-4-8-13(17)14(18)16-10-11-6-2-3-7-12(11)15/h2-3,6-7,13H,4-5,8-10H2,1H3,(H,16,18). The molecule has 1 heterocycles. The van der Waals surface area contributed by atoms with E-state index in [9.17, 15) is 13.2 Å². The van der Waals surface area contributed by atoms with Crippen molar-refractivity contribution in [2.45, 2.75) is 31.8 Å². The Labute approximate surface area is 130 Å². The molecule has 7 heteroatoms. The number of carbonyl (C=O) groups is 1. The fraction of sp³-hybridized carbons (Fsp3) is 0.500. The lowest BCUT2D eigenvalue weighted by Gasteiger charge is -2.32. The number of benzene rings is 1. The van der Waals surface area contributed by atoms with Gasteiger partial charge in [-0.2, -0.15) is 4.31 Å². The second-order valence-corrected chi connectivity index (χ2v) is 7.54. The molecule has 0 saturated carbocycles. The Kier molecular flexibility index (Phi) is 5.24. The van der Waals surface area contributed by atoms with E-state index in [0.717, 1.165) is 24.7 Å². The van der Waals surface area contributed by atoms with Crippen molar-refractivity contribution in [3.05, 3.63) is 34.9 Å². The smallest absolute Gasteiger partial charge is 0.238 e. The number of rotatable bonds is 4. The molecule has 1 aromatic carbocycles. The highest BCUT2D eigenvalue weighted by atomic mass is 35.5. The van der Waals surface area contributed by atoms with Gasteiger partial charge in [0.2, 0.25) is 15.9 Å². The minimum Gasteiger partial charge on any atom is -0.351 e. The van der Waals surface area contributed by atoms with E-state index >= 15 is 0 Å². The number of carbonyl (C=O) groups excluding carboxylic acids is 1. The molecule has 2 rings (SSSR count). The van der Waals surface area contributed by atoms with Crippen molar-refractivity contribution in [1.82, 2.24) is 9.62 Å². The van der Waals surface area contributed by atoms with Gasteiger partial charge >= 0.3 is 0 Å². The summed E-state index contributed by atoms with van der Waals surface area (Å²) in [5.74, 6) is -0.264. The van der Waals surface area contributed by atoms with Gasteiger partial charge in [-0.25, -0.2) is 8.42 Å². The SMILES string of the molecule is CS(=O)(=O)N1CCCCC1C(=O)NCc1ccccc1Cl. The van der Waals surface area contributed by atoms with Gasteiger partial charge in [-0.1, -0.05) is 36.2 Å². The normalized spacial score (nSPS) is 20.2. The highest BCUT2D eigenvalue weighted by molar-refractivity contribution is 7.88. The summed E-state index contributed by atoms with van der Waals surface area (Å²) in [6, 6.07) is 6.64. The monoisotopic (exact) mass is 330 g/mol. The summed E-state index contributed by atoms with van der Waals surface area (Å²) in [6.45, 7) is 0.704. The van der Waals surface area contributed by atoms with Crippen LogP contribution in [0.25, 0.3) is 0 Å². The highest BCUT2D eigenvalue weighted by Crippen LogP contribution is 2.20. The minimum absolute atomic E-state index is 0.264. The molecule has 1 unspecified atom stereocenters. The van der Waals surface area contributed by atoms with Crippen LogP contribution in [0.2, 0.25) is 5.02 Å². The summed E-state index contributed by atoms with van der Waals surface area (Å²) in [5.41, 5.74) is 0.814. The summed E-state index contributed by atoms with van der Waals surface area (Å²) in [7, 11) is -3.36. The zero-order chi connectivity index (χ0) is 15.5. The zero-order valence-electron chi connectivity index (χ0n) is 11.9. The van der Waals surface area contributed by atoms with Crippen LogP contribution in [-0.2, 0) is 21.4 Å². The van der Waals surface area contributed by atoms with Crippen molar-refractivity contribution in [3.63, 3.8) is 0 Å². The molecule has 1 saturated heterocycles. The summed E-state index contributed by atoms with van der Waals surface area (Å²) in [5, 5.41) is 3.37. The van der Waals surface area contributed by atoms with Crippen molar-refractivity contribution in [2.24, 2.45) is 0 Å². The third-order valence-corrected chi connectivity index (χ3v) is 5.25. The van der Waals surface area contributed by atoms with Crippen molar-refractivity contribution in [3.8, 4) is 0 Å². The van der Waals surface area contributed by atoms with E-state index in [1.54, 1.807) is 6.07 Å². The van der Waals surface area contributed by atoms with Gasteiger partial charge in [0.15, 0.2) is 0 Å². The first kappa shape index (κ1) is 16.3. The Morgan fingerprint density at radius 2 is 2.10 bits per heavy atom. The van der Waals surface area contributed by atoms with E-state index in [-0.39, 0.29) is 5.91 Å². The lowest BCUT2D eigenvalue weighted by molar-refractivity contribution is -0.125. The number of sulfonamides is 1. The highest BCUT2D eigenvalue weighted by Gasteiger charge is 2.34. The fourth-order valence-corrected chi connectivity index (χ4v) is 3.83. The first-order valence-electron chi connectivity index (χ1n) is 6.87. The Bertz CT molecular complexity index is 618. The molecule has 1 aliphatic rings. The van der Waals surface area contributed by atoms with Crippen LogP contribution in [0.3, 0.4) is 0 Å². The van der Waals surface area contributed by atoms with Crippen LogP contribution in [0.1, 0.15) is 24.8 Å². The van der Waals surface area contributed by atoms with Crippen molar-refractivity contribution < 1.29 is 13.2 Å². The molecule has 5 nitrogen and oxygen atoms in total. The van der Waals surface area contributed by atoms with Gasteiger partial charge in [-0.15, -0.1) is 0 Å². The molecule has 0 bridgehead atoms. The maximum absolute atomic E-state index is 12.3. The molecule has 0 aliphatic carbocycles. The molecule has 0 spiro atoms. The molecule has 21 heavy (non-hydrogen) atoms. The summed E-state index contributed by atoms with van der Waals surface area (Å²) in [6.07, 6.45) is 3.35. The van der Waals surface area contributed by atoms with Gasteiger partial charge < -0.3 is 5.32 Å². The van der Waals surface area contributed by atoms with Gasteiger partial charge in [-0.3, -0.25) is 4.79 Å². The van der Waals surface area contributed by atoms with Crippen LogP contribution >= 0.6 is 11.6 Å². The van der Waals surface area contributed by atoms with Crippen molar-refractivity contribution in [2.75, 3.05) is 12.8 Å². The van der Waals surface area contributed by atoms with E-state index in [4.69, 9.17) is 11.6 Å². The molecule has 116 valence electrons. The molecule has 1 N–H and O–H groups in total. The first-order chi connectivity index (χ1) is 9.89. The zero-order valence-corrected chi connectivity index (χ0v) is 13.5. The number of halogens is 1.